The van der Waals surface area contributed by atoms with Crippen LogP contribution in [0.4, 0.5) is 0 Å². The second kappa shape index (κ2) is 3.77. The molecule has 0 radical (unpaired) electrons. The summed E-state index contributed by atoms with van der Waals surface area (Å²) in [5.41, 5.74) is 2.46. The van der Waals surface area contributed by atoms with Crippen molar-refractivity contribution in [2.75, 3.05) is 0 Å². The van der Waals surface area contributed by atoms with Gasteiger partial charge in [0.2, 0.25) is 0 Å². The molecule has 1 atom stereocenters. The maximum atomic E-state index is 6.09. The molecule has 0 fully saturated rings. The Hall–Kier alpha value is -0.0500. The molecule has 0 spiro atoms. The Bertz CT molecular complexity index is 295. The molecule has 0 aromatic heterocycles. The highest BCUT2D eigenvalue weighted by Gasteiger charge is 2.18. The monoisotopic (exact) mass is 214 g/mol. The number of halogens is 1. The molecule has 1 aliphatic rings. The lowest BCUT2D eigenvalue weighted by Crippen LogP contribution is -1.90. The zero-order valence-corrected chi connectivity index (χ0v) is 8.62. The van der Waals surface area contributed by atoms with Crippen molar-refractivity contribution in [2.45, 2.75) is 4.71 Å². The topological polar surface area (TPSA) is 0 Å². The van der Waals surface area contributed by atoms with Gasteiger partial charge < -0.3 is 0 Å². The first kappa shape index (κ1) is 8.54. The van der Waals surface area contributed by atoms with Crippen molar-refractivity contribution in [2.24, 2.45) is 0 Å². The summed E-state index contributed by atoms with van der Waals surface area (Å²) in [6, 6.07) is 10.3. The first-order valence-corrected chi connectivity index (χ1v) is 6.31. The van der Waals surface area contributed by atoms with Crippen LogP contribution in [-0.2, 0) is 0 Å². The average Bonchev–Trinajstić information content (AvgIpc) is 2.53. The van der Waals surface area contributed by atoms with Crippen molar-refractivity contribution in [3.05, 3.63) is 41.3 Å². The summed E-state index contributed by atoms with van der Waals surface area (Å²) in [7, 11) is 3.40. The summed E-state index contributed by atoms with van der Waals surface area (Å²) in [5, 5.41) is 2.12. The minimum Gasteiger partial charge on any atom is -0.105 e. The van der Waals surface area contributed by atoms with Crippen LogP contribution in [0.1, 0.15) is 5.56 Å². The fourth-order valence-corrected chi connectivity index (χ4v) is 3.71. The van der Waals surface area contributed by atoms with Crippen molar-refractivity contribution < 1.29 is 0 Å². The van der Waals surface area contributed by atoms with Crippen LogP contribution < -0.4 is 0 Å². The third-order valence-corrected chi connectivity index (χ3v) is 4.57. The van der Waals surface area contributed by atoms with Gasteiger partial charge in [0.1, 0.15) is 4.71 Å². The van der Waals surface area contributed by atoms with Crippen LogP contribution in [-0.4, -0.2) is 4.71 Å². The second-order valence-corrected chi connectivity index (χ2v) is 5.39. The van der Waals surface area contributed by atoms with E-state index in [9.17, 15) is 0 Å². The van der Waals surface area contributed by atoms with E-state index in [0.717, 1.165) is 0 Å². The number of alkyl halides is 1. The Morgan fingerprint density at radius 1 is 1.17 bits per heavy atom. The van der Waals surface area contributed by atoms with Crippen molar-refractivity contribution >= 4 is 38.8 Å². The Morgan fingerprint density at radius 2 is 1.92 bits per heavy atom. The van der Waals surface area contributed by atoms with Crippen LogP contribution in [0.15, 0.2) is 35.7 Å². The summed E-state index contributed by atoms with van der Waals surface area (Å²) in [6.07, 6.45) is 0. The molecule has 0 bridgehead atoms. The molecular weight excluding hydrogens is 208 g/mol. The maximum absolute atomic E-state index is 6.09. The maximum Gasteiger partial charge on any atom is 0.115 e. The molecule has 0 nitrogen and oxygen atoms in total. The number of rotatable bonds is 1. The van der Waals surface area contributed by atoms with E-state index in [-0.39, 0.29) is 4.71 Å². The lowest BCUT2D eigenvalue weighted by molar-refractivity contribution is 1.55. The van der Waals surface area contributed by atoms with Gasteiger partial charge in [-0.2, -0.15) is 0 Å². The molecule has 1 aliphatic heterocycles. The van der Waals surface area contributed by atoms with Crippen LogP contribution in [0.25, 0.3) is 5.57 Å². The fourth-order valence-electron chi connectivity index (χ4n) is 1.06. The lowest BCUT2D eigenvalue weighted by atomic mass is 10.1. The van der Waals surface area contributed by atoms with Gasteiger partial charge in [-0.25, -0.2) is 0 Å². The van der Waals surface area contributed by atoms with Crippen LogP contribution in [0.3, 0.4) is 0 Å². The molecule has 0 N–H and O–H groups in total. The van der Waals surface area contributed by atoms with Gasteiger partial charge in [-0.15, -0.1) is 11.6 Å². The van der Waals surface area contributed by atoms with E-state index in [1.807, 2.05) is 18.2 Å². The first-order valence-electron chi connectivity index (χ1n) is 3.59. The van der Waals surface area contributed by atoms with Crippen molar-refractivity contribution in [3.63, 3.8) is 0 Å². The van der Waals surface area contributed by atoms with Gasteiger partial charge in [-0.1, -0.05) is 51.9 Å². The highest BCUT2D eigenvalue weighted by Crippen LogP contribution is 2.46. The van der Waals surface area contributed by atoms with Gasteiger partial charge in [0, 0.05) is 0 Å². The Kier molecular flexibility index (Phi) is 2.69. The quantitative estimate of drug-likeness (QED) is 0.512. The number of hydrogen-bond acceptors (Lipinski definition) is 2. The van der Waals surface area contributed by atoms with E-state index in [0.29, 0.717) is 0 Å². The smallest absolute Gasteiger partial charge is 0.105 e. The number of benzene rings is 1. The SMILES string of the molecule is ClC1SSC=C1c1ccccc1. The van der Waals surface area contributed by atoms with Crippen LogP contribution in [0, 0.1) is 0 Å². The Labute approximate surface area is 84.8 Å². The van der Waals surface area contributed by atoms with E-state index in [1.54, 1.807) is 21.6 Å². The normalized spacial score (nSPS) is 22.4. The summed E-state index contributed by atoms with van der Waals surface area (Å²) in [6.45, 7) is 0. The summed E-state index contributed by atoms with van der Waals surface area (Å²) < 4.78 is 0.109. The summed E-state index contributed by atoms with van der Waals surface area (Å²) in [4.78, 5) is 0. The predicted molar refractivity (Wildman–Crippen MR) is 59.2 cm³/mol. The third-order valence-electron chi connectivity index (χ3n) is 1.67. The zero-order chi connectivity index (χ0) is 8.39. The standard InChI is InChI=1S/C9H7ClS2/c10-9-8(6-11-12-9)7-4-2-1-3-5-7/h1-6,9H. The first-order chi connectivity index (χ1) is 5.88. The van der Waals surface area contributed by atoms with Gasteiger partial charge in [0.15, 0.2) is 0 Å². The molecule has 0 aliphatic carbocycles. The summed E-state index contributed by atoms with van der Waals surface area (Å²) in [5.74, 6) is 0. The Morgan fingerprint density at radius 3 is 2.50 bits per heavy atom. The third kappa shape index (κ3) is 1.65. The molecule has 0 saturated carbocycles. The zero-order valence-electron chi connectivity index (χ0n) is 6.24. The molecule has 1 aromatic carbocycles. The van der Waals surface area contributed by atoms with Crippen LogP contribution in [0.5, 0.6) is 0 Å². The van der Waals surface area contributed by atoms with E-state index in [4.69, 9.17) is 11.6 Å². The molecule has 1 heterocycles. The second-order valence-electron chi connectivity index (χ2n) is 2.45. The molecule has 3 heteroatoms. The van der Waals surface area contributed by atoms with Gasteiger partial charge in [0.05, 0.1) is 0 Å². The molecule has 2 rings (SSSR count). The fraction of sp³-hybridized carbons (Fsp3) is 0.111. The van der Waals surface area contributed by atoms with E-state index in [1.165, 1.54) is 11.1 Å². The molecular formula is C9H7ClS2. The minimum absolute atomic E-state index is 0.109. The van der Waals surface area contributed by atoms with E-state index >= 15 is 0 Å². The van der Waals surface area contributed by atoms with Crippen molar-refractivity contribution in [1.29, 1.82) is 0 Å². The van der Waals surface area contributed by atoms with Gasteiger partial charge >= 0.3 is 0 Å². The van der Waals surface area contributed by atoms with Gasteiger partial charge in [0.25, 0.3) is 0 Å². The molecule has 1 aromatic rings. The predicted octanol–water partition coefficient (Wildman–Crippen LogP) is 3.99. The molecule has 1 unspecified atom stereocenters. The molecule has 62 valence electrons. The van der Waals surface area contributed by atoms with Gasteiger partial charge in [-0.05, 0) is 16.5 Å². The number of hydrogen-bond donors (Lipinski definition) is 0. The molecule has 0 saturated heterocycles. The highest BCUT2D eigenvalue weighted by molar-refractivity contribution is 8.79. The van der Waals surface area contributed by atoms with Crippen molar-refractivity contribution in [3.8, 4) is 0 Å². The van der Waals surface area contributed by atoms with Crippen LogP contribution in [0.2, 0.25) is 0 Å². The van der Waals surface area contributed by atoms with Crippen molar-refractivity contribution in [1.82, 2.24) is 0 Å². The van der Waals surface area contributed by atoms with E-state index < -0.39 is 0 Å². The molecule has 12 heavy (non-hydrogen) atoms. The van der Waals surface area contributed by atoms with Gasteiger partial charge in [-0.3, -0.25) is 0 Å². The highest BCUT2D eigenvalue weighted by atomic mass is 35.5. The largest absolute Gasteiger partial charge is 0.115 e. The van der Waals surface area contributed by atoms with Crippen LogP contribution >= 0.6 is 33.2 Å². The average molecular weight is 215 g/mol. The lowest BCUT2D eigenvalue weighted by Gasteiger charge is -2.04. The Balaban J connectivity index is 2.31. The minimum atomic E-state index is 0.109. The van der Waals surface area contributed by atoms with E-state index in [2.05, 4.69) is 17.5 Å². The summed E-state index contributed by atoms with van der Waals surface area (Å²) >= 11 is 6.09. The molecule has 0 amide bonds.